The maximum Gasteiger partial charge on any atom is 0.0809 e. The molecule has 2 heterocycles. The molecule has 0 aliphatic heterocycles. The molecule has 1 atom stereocenters. The predicted octanol–water partition coefficient (Wildman–Crippen LogP) is 4.56. The molecule has 0 spiro atoms. The lowest BCUT2D eigenvalue weighted by Crippen LogP contribution is -2.17. The first kappa shape index (κ1) is 14.2. The highest BCUT2D eigenvalue weighted by atomic mass is 32.1. The van der Waals surface area contributed by atoms with E-state index in [1.165, 1.54) is 27.8 Å². The lowest BCUT2D eigenvalue weighted by molar-refractivity contribution is 0.690. The van der Waals surface area contributed by atoms with Crippen molar-refractivity contribution in [3.8, 4) is 0 Å². The molecule has 3 heteroatoms. The number of hydrogen-bond donors (Lipinski definition) is 1. The number of aryl methyl sites for hydroxylation is 1. The van der Waals surface area contributed by atoms with E-state index in [4.69, 9.17) is 0 Å². The van der Waals surface area contributed by atoms with E-state index in [9.17, 15) is 0 Å². The van der Waals surface area contributed by atoms with Crippen molar-refractivity contribution in [3.05, 3.63) is 64.7 Å². The predicted molar refractivity (Wildman–Crippen MR) is 91.0 cm³/mol. The van der Waals surface area contributed by atoms with Crippen LogP contribution in [-0.4, -0.2) is 12.0 Å². The van der Waals surface area contributed by atoms with Gasteiger partial charge in [0.25, 0.3) is 0 Å². The summed E-state index contributed by atoms with van der Waals surface area (Å²) in [6, 6.07) is 13.4. The Hall–Kier alpha value is -1.71. The smallest absolute Gasteiger partial charge is 0.0809 e. The molecule has 0 saturated heterocycles. The number of pyridine rings is 1. The van der Waals surface area contributed by atoms with Crippen LogP contribution in [0.2, 0.25) is 0 Å². The van der Waals surface area contributed by atoms with Gasteiger partial charge < -0.3 is 5.32 Å². The van der Waals surface area contributed by atoms with Gasteiger partial charge in [-0.15, -0.1) is 11.3 Å². The third-order valence-corrected chi connectivity index (χ3v) is 4.65. The van der Waals surface area contributed by atoms with Crippen LogP contribution in [0.15, 0.2) is 48.0 Å². The Morgan fingerprint density at radius 1 is 1.14 bits per heavy atom. The highest BCUT2D eigenvalue weighted by molar-refractivity contribution is 7.17. The van der Waals surface area contributed by atoms with Crippen LogP contribution in [0.4, 0.5) is 0 Å². The standard InChI is InChI=1S/C18H20N2S/c1-3-4-13-5-7-14(8-6-13)18(19-2)15-11-17-16(20-12-15)9-10-21-17/h5-12,18-19H,3-4H2,1-2H3. The third-order valence-electron chi connectivity index (χ3n) is 3.80. The highest BCUT2D eigenvalue weighted by Gasteiger charge is 2.13. The summed E-state index contributed by atoms with van der Waals surface area (Å²) in [5, 5.41) is 5.50. The first-order chi connectivity index (χ1) is 10.3. The van der Waals surface area contributed by atoms with Crippen molar-refractivity contribution in [1.82, 2.24) is 10.3 Å². The molecule has 3 aromatic rings. The maximum atomic E-state index is 4.55. The molecule has 21 heavy (non-hydrogen) atoms. The third kappa shape index (κ3) is 2.99. The number of nitrogens with one attached hydrogen (secondary N) is 1. The summed E-state index contributed by atoms with van der Waals surface area (Å²) in [6.45, 7) is 2.21. The van der Waals surface area contributed by atoms with Crippen LogP contribution in [0.25, 0.3) is 10.2 Å². The second-order valence-electron chi connectivity index (χ2n) is 5.29. The van der Waals surface area contributed by atoms with Crippen molar-refractivity contribution in [2.75, 3.05) is 7.05 Å². The normalized spacial score (nSPS) is 12.7. The van der Waals surface area contributed by atoms with Gasteiger partial charge in [0, 0.05) is 6.20 Å². The van der Waals surface area contributed by atoms with E-state index in [-0.39, 0.29) is 6.04 Å². The Morgan fingerprint density at radius 2 is 1.95 bits per heavy atom. The Bertz CT molecular complexity index is 715. The van der Waals surface area contributed by atoms with Crippen LogP contribution in [0, 0.1) is 0 Å². The highest BCUT2D eigenvalue weighted by Crippen LogP contribution is 2.26. The summed E-state index contributed by atoms with van der Waals surface area (Å²) in [5.41, 5.74) is 4.99. The molecule has 108 valence electrons. The maximum absolute atomic E-state index is 4.55. The van der Waals surface area contributed by atoms with Crippen molar-refractivity contribution in [1.29, 1.82) is 0 Å². The van der Waals surface area contributed by atoms with E-state index in [1.807, 2.05) is 13.2 Å². The number of rotatable bonds is 5. The number of benzene rings is 1. The number of nitrogens with zero attached hydrogens (tertiary/aromatic N) is 1. The SMILES string of the molecule is CCCc1ccc(C(NC)c2cnc3ccsc3c2)cc1. The summed E-state index contributed by atoms with van der Waals surface area (Å²) in [7, 11) is 2.00. The molecule has 0 aliphatic carbocycles. The average molecular weight is 296 g/mol. The Kier molecular flexibility index (Phi) is 4.32. The Balaban J connectivity index is 1.92. The minimum atomic E-state index is 0.194. The van der Waals surface area contributed by atoms with E-state index in [1.54, 1.807) is 11.3 Å². The fraction of sp³-hybridized carbons (Fsp3) is 0.278. The van der Waals surface area contributed by atoms with Gasteiger partial charge in [-0.25, -0.2) is 0 Å². The van der Waals surface area contributed by atoms with Gasteiger partial charge in [0.2, 0.25) is 0 Å². The lowest BCUT2D eigenvalue weighted by Gasteiger charge is -2.17. The fourth-order valence-corrected chi connectivity index (χ4v) is 3.50. The lowest BCUT2D eigenvalue weighted by atomic mass is 9.98. The van der Waals surface area contributed by atoms with Crippen LogP contribution in [-0.2, 0) is 6.42 Å². The zero-order valence-corrected chi connectivity index (χ0v) is 13.3. The van der Waals surface area contributed by atoms with Gasteiger partial charge in [-0.2, -0.15) is 0 Å². The zero-order valence-electron chi connectivity index (χ0n) is 12.5. The first-order valence-corrected chi connectivity index (χ1v) is 8.29. The molecule has 0 radical (unpaired) electrons. The molecule has 0 aliphatic rings. The quantitative estimate of drug-likeness (QED) is 0.746. The van der Waals surface area contributed by atoms with Crippen molar-refractivity contribution in [2.45, 2.75) is 25.8 Å². The van der Waals surface area contributed by atoms with Crippen molar-refractivity contribution in [3.63, 3.8) is 0 Å². The summed E-state index contributed by atoms with van der Waals surface area (Å²) in [5.74, 6) is 0. The van der Waals surface area contributed by atoms with Crippen molar-refractivity contribution < 1.29 is 0 Å². The minimum Gasteiger partial charge on any atom is -0.309 e. The number of fused-ring (bicyclic) bond motifs is 1. The molecule has 1 unspecified atom stereocenters. The van der Waals surface area contributed by atoms with E-state index >= 15 is 0 Å². The van der Waals surface area contributed by atoms with Crippen LogP contribution in [0.3, 0.4) is 0 Å². The zero-order chi connectivity index (χ0) is 14.7. The fourth-order valence-electron chi connectivity index (χ4n) is 2.71. The molecular formula is C18H20N2S. The van der Waals surface area contributed by atoms with Crippen LogP contribution in [0.1, 0.15) is 36.1 Å². The molecule has 0 saturated carbocycles. The average Bonchev–Trinajstić information content (AvgIpc) is 2.98. The number of hydrogen-bond acceptors (Lipinski definition) is 3. The van der Waals surface area contributed by atoms with Gasteiger partial charge in [-0.05, 0) is 47.7 Å². The van der Waals surface area contributed by atoms with Crippen molar-refractivity contribution in [2.24, 2.45) is 0 Å². The monoisotopic (exact) mass is 296 g/mol. The molecule has 0 amide bonds. The van der Waals surface area contributed by atoms with E-state index in [0.29, 0.717) is 0 Å². The van der Waals surface area contributed by atoms with E-state index < -0.39 is 0 Å². The van der Waals surface area contributed by atoms with Crippen LogP contribution in [0.5, 0.6) is 0 Å². The molecule has 1 aromatic carbocycles. The van der Waals surface area contributed by atoms with Crippen LogP contribution >= 0.6 is 11.3 Å². The van der Waals surface area contributed by atoms with Crippen LogP contribution < -0.4 is 5.32 Å². The van der Waals surface area contributed by atoms with Crippen molar-refractivity contribution >= 4 is 21.6 Å². The van der Waals surface area contributed by atoms with Gasteiger partial charge in [0.05, 0.1) is 16.3 Å². The molecular weight excluding hydrogens is 276 g/mol. The van der Waals surface area contributed by atoms with Gasteiger partial charge in [0.1, 0.15) is 0 Å². The van der Waals surface area contributed by atoms with Gasteiger partial charge >= 0.3 is 0 Å². The first-order valence-electron chi connectivity index (χ1n) is 7.41. The summed E-state index contributed by atoms with van der Waals surface area (Å²) in [4.78, 5) is 4.55. The van der Waals surface area contributed by atoms with E-state index in [0.717, 1.165) is 11.9 Å². The molecule has 2 nitrogen and oxygen atoms in total. The summed E-state index contributed by atoms with van der Waals surface area (Å²) < 4.78 is 1.25. The minimum absolute atomic E-state index is 0.194. The molecule has 2 aromatic heterocycles. The van der Waals surface area contributed by atoms with Gasteiger partial charge in [-0.1, -0.05) is 37.6 Å². The Morgan fingerprint density at radius 3 is 2.67 bits per heavy atom. The summed E-state index contributed by atoms with van der Waals surface area (Å²) >= 11 is 1.74. The number of aromatic nitrogens is 1. The topological polar surface area (TPSA) is 24.9 Å². The molecule has 1 N–H and O–H groups in total. The van der Waals surface area contributed by atoms with E-state index in [2.05, 4.69) is 59.0 Å². The summed E-state index contributed by atoms with van der Waals surface area (Å²) in [6.07, 6.45) is 4.32. The Labute approximate surface area is 129 Å². The molecule has 0 fully saturated rings. The molecule has 0 bridgehead atoms. The van der Waals surface area contributed by atoms with Gasteiger partial charge in [-0.3, -0.25) is 4.98 Å². The number of thiophene rings is 1. The van der Waals surface area contributed by atoms with Gasteiger partial charge in [0.15, 0.2) is 0 Å². The second kappa shape index (κ2) is 6.37. The largest absolute Gasteiger partial charge is 0.309 e. The second-order valence-corrected chi connectivity index (χ2v) is 6.23. The molecule has 3 rings (SSSR count).